The third-order valence-corrected chi connectivity index (χ3v) is 5.07. The Hall–Kier alpha value is -3.87. The maximum atomic E-state index is 13.1. The van der Waals surface area contributed by atoms with Crippen LogP contribution in [0.4, 0.5) is 5.69 Å². The topological polar surface area (TPSA) is 80.6 Å². The molecule has 0 aliphatic heterocycles. The number of para-hydroxylation sites is 2. The van der Waals surface area contributed by atoms with Crippen molar-refractivity contribution in [3.05, 3.63) is 93.9 Å². The van der Waals surface area contributed by atoms with Gasteiger partial charge < -0.3 is 19.5 Å². The molecule has 0 aliphatic rings. The summed E-state index contributed by atoms with van der Waals surface area (Å²) in [5, 5.41) is 2.76. The first-order valence-corrected chi connectivity index (χ1v) is 10.4. The number of nitrogens with zero attached hydrogens (tertiary/aromatic N) is 2. The summed E-state index contributed by atoms with van der Waals surface area (Å²) < 4.78 is 6.74. The number of hydrogen-bond acceptors (Lipinski definition) is 4. The number of anilines is 1. The number of ether oxygens (including phenoxy) is 1. The van der Waals surface area contributed by atoms with Gasteiger partial charge in [-0.2, -0.15) is 0 Å². The summed E-state index contributed by atoms with van der Waals surface area (Å²) in [6.07, 6.45) is 1.66. The number of methoxy groups -OCH3 is 1. The maximum Gasteiger partial charge on any atom is 0.263 e. The molecule has 0 atom stereocenters. The van der Waals surface area contributed by atoms with E-state index in [0.29, 0.717) is 18.0 Å². The van der Waals surface area contributed by atoms with Crippen LogP contribution in [0.2, 0.25) is 0 Å². The molecule has 166 valence electrons. The van der Waals surface area contributed by atoms with Crippen LogP contribution in [-0.2, 0) is 11.3 Å². The molecule has 7 heteroatoms. The molecule has 0 saturated heterocycles. The van der Waals surface area contributed by atoms with Gasteiger partial charge in [0.25, 0.3) is 11.5 Å². The molecule has 0 aliphatic carbocycles. The SMILES string of the molecule is CCN(CC(=O)Nc1ccccc1OC)C(=O)c1cccn(Cc2cccc(C)c2)c1=O. The molecule has 0 saturated carbocycles. The number of hydrogen-bond donors (Lipinski definition) is 1. The van der Waals surface area contributed by atoms with Crippen LogP contribution < -0.4 is 15.6 Å². The lowest BCUT2D eigenvalue weighted by Gasteiger charge is -2.21. The van der Waals surface area contributed by atoms with Gasteiger partial charge in [-0.15, -0.1) is 0 Å². The summed E-state index contributed by atoms with van der Waals surface area (Å²) in [4.78, 5) is 40.0. The Morgan fingerprint density at radius 1 is 1.06 bits per heavy atom. The molecule has 32 heavy (non-hydrogen) atoms. The molecule has 1 aromatic heterocycles. The van der Waals surface area contributed by atoms with E-state index in [2.05, 4.69) is 5.32 Å². The fraction of sp³-hybridized carbons (Fsp3) is 0.240. The van der Waals surface area contributed by atoms with Gasteiger partial charge in [0.15, 0.2) is 0 Å². The monoisotopic (exact) mass is 433 g/mol. The van der Waals surface area contributed by atoms with Crippen LogP contribution in [0.15, 0.2) is 71.7 Å². The van der Waals surface area contributed by atoms with E-state index >= 15 is 0 Å². The van der Waals surface area contributed by atoms with E-state index in [1.165, 1.54) is 22.6 Å². The van der Waals surface area contributed by atoms with Gasteiger partial charge in [0, 0.05) is 12.7 Å². The highest BCUT2D eigenvalue weighted by Gasteiger charge is 2.21. The van der Waals surface area contributed by atoms with E-state index in [4.69, 9.17) is 4.74 Å². The first-order chi connectivity index (χ1) is 15.4. The van der Waals surface area contributed by atoms with Crippen molar-refractivity contribution in [2.75, 3.05) is 25.5 Å². The van der Waals surface area contributed by atoms with Crippen molar-refractivity contribution in [2.45, 2.75) is 20.4 Å². The first kappa shape index (κ1) is 22.8. The molecule has 3 aromatic rings. The minimum absolute atomic E-state index is 0.0343. The average Bonchev–Trinajstić information content (AvgIpc) is 2.79. The minimum atomic E-state index is -0.480. The molecule has 0 bridgehead atoms. The molecule has 0 unspecified atom stereocenters. The molecule has 0 spiro atoms. The zero-order chi connectivity index (χ0) is 23.1. The number of pyridine rings is 1. The highest BCUT2D eigenvalue weighted by Crippen LogP contribution is 2.22. The van der Waals surface area contributed by atoms with Crippen molar-refractivity contribution < 1.29 is 14.3 Å². The van der Waals surface area contributed by atoms with E-state index in [9.17, 15) is 14.4 Å². The van der Waals surface area contributed by atoms with Crippen molar-refractivity contribution in [1.82, 2.24) is 9.47 Å². The van der Waals surface area contributed by atoms with Crippen molar-refractivity contribution in [3.63, 3.8) is 0 Å². The van der Waals surface area contributed by atoms with Gasteiger partial charge in [-0.3, -0.25) is 14.4 Å². The Labute approximate surface area is 187 Å². The second-order valence-corrected chi connectivity index (χ2v) is 7.41. The number of carbonyl (C=O) groups is 2. The van der Waals surface area contributed by atoms with Gasteiger partial charge in [-0.05, 0) is 43.7 Å². The first-order valence-electron chi connectivity index (χ1n) is 10.4. The summed E-state index contributed by atoms with van der Waals surface area (Å²) in [6, 6.07) is 18.1. The molecule has 7 nitrogen and oxygen atoms in total. The predicted octanol–water partition coefficient (Wildman–Crippen LogP) is 3.31. The van der Waals surface area contributed by atoms with Gasteiger partial charge in [0.2, 0.25) is 5.91 Å². The fourth-order valence-corrected chi connectivity index (χ4v) is 3.44. The van der Waals surface area contributed by atoms with E-state index < -0.39 is 5.91 Å². The molecule has 3 rings (SSSR count). The number of benzene rings is 2. The van der Waals surface area contributed by atoms with E-state index in [1.807, 2.05) is 31.2 Å². The minimum Gasteiger partial charge on any atom is -0.495 e. The number of amides is 2. The molecule has 1 N–H and O–H groups in total. The molecule has 1 heterocycles. The maximum absolute atomic E-state index is 13.1. The second-order valence-electron chi connectivity index (χ2n) is 7.41. The van der Waals surface area contributed by atoms with Crippen molar-refractivity contribution in [2.24, 2.45) is 0 Å². The number of aromatic nitrogens is 1. The van der Waals surface area contributed by atoms with Gasteiger partial charge in [-0.1, -0.05) is 42.0 Å². The smallest absolute Gasteiger partial charge is 0.263 e. The number of rotatable bonds is 8. The zero-order valence-electron chi connectivity index (χ0n) is 18.5. The highest BCUT2D eigenvalue weighted by atomic mass is 16.5. The number of likely N-dealkylation sites (N-methyl/N-ethyl adjacent to an activating group) is 1. The van der Waals surface area contributed by atoms with Crippen LogP contribution in [0.5, 0.6) is 5.75 Å². The van der Waals surface area contributed by atoms with Gasteiger partial charge in [-0.25, -0.2) is 0 Å². The lowest BCUT2D eigenvalue weighted by atomic mass is 10.1. The summed E-state index contributed by atoms with van der Waals surface area (Å²) in [7, 11) is 1.52. The summed E-state index contributed by atoms with van der Waals surface area (Å²) >= 11 is 0. The van der Waals surface area contributed by atoms with Crippen LogP contribution >= 0.6 is 0 Å². The zero-order valence-corrected chi connectivity index (χ0v) is 18.5. The molecular formula is C25H27N3O4. The average molecular weight is 434 g/mol. The third kappa shape index (κ3) is 5.43. The highest BCUT2D eigenvalue weighted by molar-refractivity contribution is 5.99. The number of carbonyl (C=O) groups excluding carboxylic acids is 2. The van der Waals surface area contributed by atoms with Gasteiger partial charge in [0.1, 0.15) is 17.9 Å². The fourth-order valence-electron chi connectivity index (χ4n) is 3.44. The molecule has 2 amide bonds. The molecule has 0 fully saturated rings. The Kier molecular flexibility index (Phi) is 7.44. The molecule has 2 aromatic carbocycles. The molecule has 0 radical (unpaired) electrons. The lowest BCUT2D eigenvalue weighted by Crippen LogP contribution is -2.41. The normalized spacial score (nSPS) is 10.5. The summed E-state index contributed by atoms with van der Waals surface area (Å²) in [6.45, 7) is 4.22. The molecular weight excluding hydrogens is 406 g/mol. The van der Waals surface area contributed by atoms with E-state index in [-0.39, 0.29) is 30.1 Å². The van der Waals surface area contributed by atoms with E-state index in [1.54, 1.807) is 43.5 Å². The Morgan fingerprint density at radius 2 is 1.84 bits per heavy atom. The van der Waals surface area contributed by atoms with Crippen molar-refractivity contribution >= 4 is 17.5 Å². The summed E-state index contributed by atoms with van der Waals surface area (Å²) in [5.74, 6) is -0.329. The quantitative estimate of drug-likeness (QED) is 0.591. The third-order valence-electron chi connectivity index (χ3n) is 5.07. The van der Waals surface area contributed by atoms with Crippen LogP contribution in [0.25, 0.3) is 0 Å². The Morgan fingerprint density at radius 3 is 2.56 bits per heavy atom. The number of nitrogens with one attached hydrogen (secondary N) is 1. The van der Waals surface area contributed by atoms with Crippen LogP contribution in [0.1, 0.15) is 28.4 Å². The largest absolute Gasteiger partial charge is 0.495 e. The van der Waals surface area contributed by atoms with Crippen LogP contribution in [0.3, 0.4) is 0 Å². The number of aryl methyl sites for hydroxylation is 1. The van der Waals surface area contributed by atoms with Crippen molar-refractivity contribution in [1.29, 1.82) is 0 Å². The standard InChI is InChI=1S/C25H27N3O4/c1-4-27(17-23(29)26-21-12-5-6-13-22(21)32-3)24(30)20-11-8-14-28(25(20)31)16-19-10-7-9-18(2)15-19/h5-15H,4,16-17H2,1-3H3,(H,26,29). The van der Waals surface area contributed by atoms with Crippen LogP contribution in [0, 0.1) is 6.92 Å². The van der Waals surface area contributed by atoms with Gasteiger partial charge in [0.05, 0.1) is 19.3 Å². The van der Waals surface area contributed by atoms with Crippen LogP contribution in [-0.4, -0.2) is 41.5 Å². The summed E-state index contributed by atoms with van der Waals surface area (Å²) in [5.41, 5.74) is 2.24. The lowest BCUT2D eigenvalue weighted by molar-refractivity contribution is -0.116. The van der Waals surface area contributed by atoms with Crippen molar-refractivity contribution in [3.8, 4) is 5.75 Å². The second kappa shape index (κ2) is 10.4. The Bertz CT molecular complexity index is 1170. The predicted molar refractivity (Wildman–Crippen MR) is 124 cm³/mol. The Balaban J connectivity index is 1.76. The van der Waals surface area contributed by atoms with Gasteiger partial charge >= 0.3 is 0 Å². The van der Waals surface area contributed by atoms with E-state index in [0.717, 1.165) is 11.1 Å².